The van der Waals surface area contributed by atoms with Crippen LogP contribution < -0.4 is 0 Å². The second kappa shape index (κ2) is 14.6. The number of aliphatic hydroxyl groups excluding tert-OH is 1. The van der Waals surface area contributed by atoms with Crippen LogP contribution in [0.2, 0.25) is 0 Å². The summed E-state index contributed by atoms with van der Waals surface area (Å²) in [6, 6.07) is 9.04. The fraction of sp³-hybridized carbons (Fsp3) is 0.536. The highest BCUT2D eigenvalue weighted by atomic mass is 16.6. The summed E-state index contributed by atoms with van der Waals surface area (Å²) in [4.78, 5) is 39.5. The lowest BCUT2D eigenvalue weighted by molar-refractivity contribution is -0.153. The smallest absolute Gasteiger partial charge is 0.417 e. The van der Waals surface area contributed by atoms with E-state index in [2.05, 4.69) is 0 Å². The lowest BCUT2D eigenvalue weighted by Gasteiger charge is -2.30. The first-order chi connectivity index (χ1) is 17.5. The summed E-state index contributed by atoms with van der Waals surface area (Å²) in [7, 11) is 1.33. The number of benzene rings is 1. The zero-order chi connectivity index (χ0) is 25.8. The minimum absolute atomic E-state index is 0.0852. The summed E-state index contributed by atoms with van der Waals surface area (Å²) in [5.74, 6) is -0.514. The van der Waals surface area contributed by atoms with Crippen molar-refractivity contribution in [2.45, 2.75) is 76.0 Å². The van der Waals surface area contributed by atoms with E-state index in [9.17, 15) is 14.4 Å². The standard InChI is InChI=1S/C28H37NO7/c1-34-26(27(32)29-22(20-35-28(29)33)19-21-13-9-8-10-14-21)25-24(31)17-16-23(36-25)15-11-6-4-2-3-5-7-12-18-30/h8-10,13-17,22,25-26,30H,2-7,11-12,18-20H2,1H3. The Hall–Kier alpha value is -2.97. The molecule has 0 aromatic heterocycles. The van der Waals surface area contributed by atoms with Crippen LogP contribution in [0.5, 0.6) is 0 Å². The molecule has 36 heavy (non-hydrogen) atoms. The molecule has 2 amide bonds. The molecule has 2 heterocycles. The molecule has 0 radical (unpaired) electrons. The first-order valence-corrected chi connectivity index (χ1v) is 12.8. The van der Waals surface area contributed by atoms with E-state index in [1.807, 2.05) is 36.4 Å². The lowest BCUT2D eigenvalue weighted by Crippen LogP contribution is -2.53. The third-order valence-corrected chi connectivity index (χ3v) is 6.45. The number of carbonyl (C=O) groups excluding carboxylic acids is 3. The maximum absolute atomic E-state index is 13.4. The molecule has 0 saturated carbocycles. The van der Waals surface area contributed by atoms with Gasteiger partial charge in [0.1, 0.15) is 12.4 Å². The van der Waals surface area contributed by atoms with Crippen molar-refractivity contribution in [1.82, 2.24) is 4.90 Å². The number of rotatable bonds is 14. The molecule has 0 aliphatic carbocycles. The second-order valence-corrected chi connectivity index (χ2v) is 9.15. The fourth-order valence-electron chi connectivity index (χ4n) is 4.47. The topological polar surface area (TPSA) is 102 Å². The van der Waals surface area contributed by atoms with Crippen LogP contribution in [0, 0.1) is 0 Å². The molecule has 0 spiro atoms. The van der Waals surface area contributed by atoms with Crippen LogP contribution in [-0.2, 0) is 30.2 Å². The van der Waals surface area contributed by atoms with Gasteiger partial charge in [0.05, 0.1) is 6.04 Å². The summed E-state index contributed by atoms with van der Waals surface area (Å²) >= 11 is 0. The quantitative estimate of drug-likeness (QED) is 0.384. The van der Waals surface area contributed by atoms with Gasteiger partial charge in [-0.2, -0.15) is 0 Å². The Kier molecular flexibility index (Phi) is 11.2. The molecule has 2 aliphatic heterocycles. The minimum Gasteiger partial charge on any atom is -0.479 e. The van der Waals surface area contributed by atoms with Crippen LogP contribution in [0.4, 0.5) is 4.79 Å². The summed E-state index contributed by atoms with van der Waals surface area (Å²) < 4.78 is 16.4. The maximum Gasteiger partial charge on any atom is 0.417 e. The van der Waals surface area contributed by atoms with Crippen molar-refractivity contribution in [3.63, 3.8) is 0 Å². The molecule has 8 heteroatoms. The van der Waals surface area contributed by atoms with E-state index in [1.165, 1.54) is 13.2 Å². The average molecular weight is 500 g/mol. The minimum atomic E-state index is -1.27. The normalized spacial score (nSPS) is 21.5. The van der Waals surface area contributed by atoms with Gasteiger partial charge in [-0.3, -0.25) is 9.59 Å². The van der Waals surface area contributed by atoms with E-state index in [-0.39, 0.29) is 19.0 Å². The number of amides is 2. The van der Waals surface area contributed by atoms with Crippen molar-refractivity contribution >= 4 is 17.8 Å². The van der Waals surface area contributed by atoms with Crippen LogP contribution in [0.1, 0.15) is 56.9 Å². The predicted octanol–water partition coefficient (Wildman–Crippen LogP) is 4.11. The zero-order valence-corrected chi connectivity index (χ0v) is 21.0. The van der Waals surface area contributed by atoms with Gasteiger partial charge in [0.25, 0.3) is 5.91 Å². The Balaban J connectivity index is 1.56. The fourth-order valence-corrected chi connectivity index (χ4v) is 4.47. The van der Waals surface area contributed by atoms with Crippen molar-refractivity contribution in [2.24, 2.45) is 0 Å². The Labute approximate surface area is 212 Å². The predicted molar refractivity (Wildman–Crippen MR) is 134 cm³/mol. The summed E-state index contributed by atoms with van der Waals surface area (Å²) in [5, 5.41) is 8.82. The number of methoxy groups -OCH3 is 1. The molecule has 3 atom stereocenters. The third kappa shape index (κ3) is 7.77. The van der Waals surface area contributed by atoms with Crippen LogP contribution in [-0.4, -0.2) is 66.4 Å². The van der Waals surface area contributed by atoms with E-state index < -0.39 is 30.3 Å². The molecule has 1 saturated heterocycles. The van der Waals surface area contributed by atoms with Gasteiger partial charge in [-0.05, 0) is 49.5 Å². The van der Waals surface area contributed by atoms with Crippen LogP contribution in [0.25, 0.3) is 0 Å². The van der Waals surface area contributed by atoms with Crippen LogP contribution >= 0.6 is 0 Å². The third-order valence-electron chi connectivity index (χ3n) is 6.45. The lowest BCUT2D eigenvalue weighted by atomic mass is 10.0. The number of unbranched alkanes of at least 4 members (excludes halogenated alkanes) is 7. The summed E-state index contributed by atoms with van der Waals surface area (Å²) in [6.07, 6.45) is 10.4. The van der Waals surface area contributed by atoms with Gasteiger partial charge in [0.15, 0.2) is 18.0 Å². The highest BCUT2D eigenvalue weighted by Crippen LogP contribution is 2.24. The van der Waals surface area contributed by atoms with Gasteiger partial charge in [-0.15, -0.1) is 0 Å². The summed E-state index contributed by atoms with van der Waals surface area (Å²) in [6.45, 7) is 0.346. The van der Waals surface area contributed by atoms with E-state index >= 15 is 0 Å². The SMILES string of the molecule is COC(C(=O)N1C(=O)OCC1Cc1ccccc1)C1OC(=CCCCCCCCCCO)C=CC1=O. The molecule has 2 aliphatic rings. The molecule has 0 bridgehead atoms. The monoisotopic (exact) mass is 499 g/mol. The highest BCUT2D eigenvalue weighted by molar-refractivity contribution is 6.03. The van der Waals surface area contributed by atoms with Crippen molar-refractivity contribution in [1.29, 1.82) is 0 Å². The van der Waals surface area contributed by atoms with E-state index in [1.54, 1.807) is 6.08 Å². The van der Waals surface area contributed by atoms with E-state index in [0.29, 0.717) is 12.2 Å². The van der Waals surface area contributed by atoms with E-state index in [4.69, 9.17) is 19.3 Å². The number of ketones is 1. The molecule has 1 aromatic carbocycles. The molecule has 8 nitrogen and oxygen atoms in total. The number of allylic oxidation sites excluding steroid dienone is 2. The van der Waals surface area contributed by atoms with Crippen LogP contribution in [0.15, 0.2) is 54.3 Å². The first kappa shape index (κ1) is 27.6. The average Bonchev–Trinajstić information content (AvgIpc) is 3.25. The number of aliphatic hydroxyl groups is 1. The first-order valence-electron chi connectivity index (χ1n) is 12.8. The Morgan fingerprint density at radius 3 is 2.47 bits per heavy atom. The Morgan fingerprint density at radius 1 is 1.08 bits per heavy atom. The van der Waals surface area contributed by atoms with Gasteiger partial charge in [-0.1, -0.05) is 62.4 Å². The van der Waals surface area contributed by atoms with Crippen molar-refractivity contribution < 1.29 is 33.7 Å². The molecule has 196 valence electrons. The number of imide groups is 1. The van der Waals surface area contributed by atoms with Crippen molar-refractivity contribution in [3.05, 3.63) is 59.9 Å². The summed E-state index contributed by atoms with van der Waals surface area (Å²) in [5.41, 5.74) is 0.968. The van der Waals surface area contributed by atoms with Gasteiger partial charge < -0.3 is 19.3 Å². The molecule has 1 fully saturated rings. The molecule has 3 unspecified atom stereocenters. The number of nitrogens with zero attached hydrogens (tertiary/aromatic N) is 1. The van der Waals surface area contributed by atoms with E-state index in [0.717, 1.165) is 61.8 Å². The molecule has 3 rings (SSSR count). The number of carbonyl (C=O) groups is 3. The molecular formula is C28H37NO7. The van der Waals surface area contributed by atoms with Gasteiger partial charge in [0, 0.05) is 13.7 Å². The number of ether oxygens (including phenoxy) is 3. The Morgan fingerprint density at radius 2 is 1.78 bits per heavy atom. The molecule has 1 N–H and O–H groups in total. The van der Waals surface area contributed by atoms with Gasteiger partial charge in [0.2, 0.25) is 0 Å². The van der Waals surface area contributed by atoms with Crippen LogP contribution in [0.3, 0.4) is 0 Å². The molecular weight excluding hydrogens is 462 g/mol. The van der Waals surface area contributed by atoms with Crippen molar-refractivity contribution in [2.75, 3.05) is 20.3 Å². The number of cyclic esters (lactones) is 1. The van der Waals surface area contributed by atoms with Gasteiger partial charge in [-0.25, -0.2) is 9.69 Å². The number of hydrogen-bond donors (Lipinski definition) is 1. The largest absolute Gasteiger partial charge is 0.479 e. The Bertz CT molecular complexity index is 927. The number of hydrogen-bond acceptors (Lipinski definition) is 7. The zero-order valence-electron chi connectivity index (χ0n) is 21.0. The second-order valence-electron chi connectivity index (χ2n) is 9.15. The van der Waals surface area contributed by atoms with Gasteiger partial charge >= 0.3 is 6.09 Å². The highest BCUT2D eigenvalue weighted by Gasteiger charge is 2.46. The molecule has 1 aromatic rings. The van der Waals surface area contributed by atoms with Crippen molar-refractivity contribution in [3.8, 4) is 0 Å². The maximum atomic E-state index is 13.4.